The van der Waals surface area contributed by atoms with Crippen LogP contribution in [0, 0.1) is 40.9 Å². The quantitative estimate of drug-likeness (QED) is 0.364. The van der Waals surface area contributed by atoms with E-state index in [1.807, 2.05) is 0 Å². The van der Waals surface area contributed by atoms with Crippen LogP contribution in [-0.2, 0) is 9.53 Å². The van der Waals surface area contributed by atoms with Gasteiger partial charge in [0.25, 0.3) is 0 Å². The van der Waals surface area contributed by atoms with Gasteiger partial charge in [-0.05, 0) is 67.3 Å². The number of carbonyl (C=O) groups excluding carboxylic acids is 1. The van der Waals surface area contributed by atoms with E-state index in [1.54, 1.807) is 0 Å². The molecule has 28 heavy (non-hydrogen) atoms. The van der Waals surface area contributed by atoms with Crippen LogP contribution in [0.2, 0.25) is 0 Å². The van der Waals surface area contributed by atoms with E-state index in [0.717, 1.165) is 31.3 Å². The molecule has 0 spiro atoms. The van der Waals surface area contributed by atoms with Crippen LogP contribution in [0.15, 0.2) is 11.6 Å². The summed E-state index contributed by atoms with van der Waals surface area (Å²) in [6, 6.07) is 0. The predicted octanol–water partition coefficient (Wildman–Crippen LogP) is 2.19. The normalized spacial score (nSPS) is 52.5. The van der Waals surface area contributed by atoms with Crippen molar-refractivity contribution in [2.75, 3.05) is 0 Å². The van der Waals surface area contributed by atoms with E-state index in [0.29, 0.717) is 24.7 Å². The van der Waals surface area contributed by atoms with E-state index in [2.05, 4.69) is 25.8 Å². The monoisotopic (exact) mass is 388 g/mol. The Morgan fingerprint density at radius 3 is 2.61 bits per heavy atom. The van der Waals surface area contributed by atoms with Crippen LogP contribution in [0.3, 0.4) is 0 Å². The molecule has 4 aliphatic rings. The molecule has 3 saturated carbocycles. The Kier molecular flexibility index (Phi) is 4.50. The van der Waals surface area contributed by atoms with Crippen molar-refractivity contribution in [1.82, 2.24) is 0 Å². The van der Waals surface area contributed by atoms with E-state index in [-0.39, 0.29) is 11.3 Å². The molecule has 0 bridgehead atoms. The van der Waals surface area contributed by atoms with E-state index in [4.69, 9.17) is 11.2 Å². The van der Waals surface area contributed by atoms with Gasteiger partial charge in [0.15, 0.2) is 5.60 Å². The number of ether oxygens (including phenoxy) is 1. The molecule has 0 aromatic heterocycles. The van der Waals surface area contributed by atoms with E-state index in [9.17, 15) is 20.1 Å². The molecule has 0 aliphatic heterocycles. The predicted molar refractivity (Wildman–Crippen MR) is 104 cm³/mol. The highest BCUT2D eigenvalue weighted by Crippen LogP contribution is 2.67. The van der Waals surface area contributed by atoms with Crippen molar-refractivity contribution in [3.8, 4) is 12.3 Å². The molecule has 0 radical (unpaired) electrons. The molecule has 3 N–H and O–H groups in total. The molecule has 9 atom stereocenters. The average molecular weight is 389 g/mol. The summed E-state index contributed by atoms with van der Waals surface area (Å²) in [6.07, 6.45) is 10.3. The number of aliphatic hydroxyl groups excluding tert-OH is 2. The van der Waals surface area contributed by atoms with Gasteiger partial charge in [0, 0.05) is 12.3 Å². The van der Waals surface area contributed by atoms with Gasteiger partial charge >= 0.3 is 5.97 Å². The number of rotatable bonds is 1. The van der Waals surface area contributed by atoms with Crippen LogP contribution in [0.5, 0.6) is 0 Å². The minimum Gasteiger partial charge on any atom is -0.458 e. The SMILES string of the molecule is C#C[C@]1(O)[C@H](OC(C)=O)C[C@H]2[C@@H]3CC=C4[C@@H](O)[C@@H](O)CC[C@]4(C)[C@H]3CC[C@@]21C. The highest BCUT2D eigenvalue weighted by atomic mass is 16.6. The summed E-state index contributed by atoms with van der Waals surface area (Å²) >= 11 is 0. The largest absolute Gasteiger partial charge is 0.458 e. The molecule has 0 heterocycles. The number of allylic oxidation sites excluding steroid dienone is 1. The molecule has 0 aromatic rings. The van der Waals surface area contributed by atoms with Crippen molar-refractivity contribution in [3.05, 3.63) is 11.6 Å². The Morgan fingerprint density at radius 1 is 1.25 bits per heavy atom. The molecule has 0 unspecified atom stereocenters. The summed E-state index contributed by atoms with van der Waals surface area (Å²) in [5.74, 6) is 3.01. The van der Waals surface area contributed by atoms with Crippen LogP contribution in [-0.4, -0.2) is 45.2 Å². The maximum absolute atomic E-state index is 11.6. The third-order valence-corrected chi connectivity index (χ3v) is 8.89. The molecule has 0 amide bonds. The van der Waals surface area contributed by atoms with Gasteiger partial charge in [0.1, 0.15) is 12.2 Å². The second kappa shape index (κ2) is 6.32. The first-order valence-electron chi connectivity index (χ1n) is 10.5. The maximum Gasteiger partial charge on any atom is 0.303 e. The molecule has 5 nitrogen and oxygen atoms in total. The minimum absolute atomic E-state index is 0.142. The maximum atomic E-state index is 11.6. The molecule has 4 aliphatic carbocycles. The Bertz CT molecular complexity index is 753. The zero-order chi connectivity index (χ0) is 20.5. The summed E-state index contributed by atoms with van der Waals surface area (Å²) in [5.41, 5.74) is -1.12. The number of aliphatic hydroxyl groups is 3. The molecule has 154 valence electrons. The van der Waals surface area contributed by atoms with Gasteiger partial charge < -0.3 is 20.1 Å². The number of hydrogen-bond donors (Lipinski definition) is 3. The smallest absolute Gasteiger partial charge is 0.303 e. The number of terminal acetylenes is 1. The molecule has 0 aromatic carbocycles. The number of fused-ring (bicyclic) bond motifs is 5. The van der Waals surface area contributed by atoms with Crippen molar-refractivity contribution < 1.29 is 24.9 Å². The zero-order valence-electron chi connectivity index (χ0n) is 17.0. The van der Waals surface area contributed by atoms with Gasteiger partial charge in [-0.1, -0.05) is 25.8 Å². The van der Waals surface area contributed by atoms with Crippen LogP contribution in [0.25, 0.3) is 0 Å². The number of esters is 1. The molecule has 5 heteroatoms. The van der Waals surface area contributed by atoms with Gasteiger partial charge in [-0.25, -0.2) is 0 Å². The Balaban J connectivity index is 1.72. The van der Waals surface area contributed by atoms with Crippen LogP contribution in [0.1, 0.15) is 59.3 Å². The van der Waals surface area contributed by atoms with Crippen molar-refractivity contribution in [2.24, 2.45) is 28.6 Å². The molecular formula is C23H32O5. The van der Waals surface area contributed by atoms with Crippen LogP contribution >= 0.6 is 0 Å². The fourth-order valence-corrected chi connectivity index (χ4v) is 7.31. The minimum atomic E-state index is -1.46. The second-order valence-corrected chi connectivity index (χ2v) is 9.94. The molecule has 0 saturated heterocycles. The van der Waals surface area contributed by atoms with Gasteiger partial charge in [0.05, 0.1) is 6.10 Å². The molecule has 3 fully saturated rings. The lowest BCUT2D eigenvalue weighted by Gasteiger charge is -2.58. The van der Waals surface area contributed by atoms with Gasteiger partial charge in [-0.2, -0.15) is 0 Å². The first kappa shape index (κ1) is 19.9. The van der Waals surface area contributed by atoms with Crippen molar-refractivity contribution in [3.63, 3.8) is 0 Å². The van der Waals surface area contributed by atoms with Crippen molar-refractivity contribution in [2.45, 2.75) is 83.2 Å². The second-order valence-electron chi connectivity index (χ2n) is 9.94. The third-order valence-electron chi connectivity index (χ3n) is 8.89. The highest BCUT2D eigenvalue weighted by molar-refractivity contribution is 5.66. The van der Waals surface area contributed by atoms with Gasteiger partial charge in [-0.15, -0.1) is 6.42 Å². The standard InChI is InChI=1S/C23H32O5/c1-5-23(27)19(28-13(2)24)12-17-14-6-7-16-20(26)18(25)9-10-21(16,3)15(14)8-11-22(17,23)4/h1,7,14-15,17-20,25-27H,6,8-12H2,2-4H3/t14-,15+,17+,18+,19-,20-,21-,22+,23+/m1/s1. The third kappa shape index (κ3) is 2.41. The van der Waals surface area contributed by atoms with E-state index >= 15 is 0 Å². The Morgan fingerprint density at radius 2 is 1.96 bits per heavy atom. The average Bonchev–Trinajstić information content (AvgIpc) is 2.86. The van der Waals surface area contributed by atoms with Gasteiger partial charge in [0.2, 0.25) is 0 Å². The topological polar surface area (TPSA) is 87.0 Å². The summed E-state index contributed by atoms with van der Waals surface area (Å²) in [4.78, 5) is 11.6. The van der Waals surface area contributed by atoms with Gasteiger partial charge in [-0.3, -0.25) is 4.79 Å². The number of hydrogen-bond acceptors (Lipinski definition) is 5. The highest BCUT2D eigenvalue weighted by Gasteiger charge is 2.68. The van der Waals surface area contributed by atoms with E-state index in [1.165, 1.54) is 6.92 Å². The number of carbonyl (C=O) groups is 1. The first-order valence-corrected chi connectivity index (χ1v) is 10.5. The summed E-state index contributed by atoms with van der Waals surface area (Å²) in [7, 11) is 0. The van der Waals surface area contributed by atoms with Crippen molar-refractivity contribution >= 4 is 5.97 Å². The lowest BCUT2D eigenvalue weighted by Crippen LogP contribution is -2.57. The lowest BCUT2D eigenvalue weighted by molar-refractivity contribution is -0.163. The van der Waals surface area contributed by atoms with Crippen LogP contribution in [0.4, 0.5) is 0 Å². The van der Waals surface area contributed by atoms with E-state index < -0.39 is 35.3 Å². The fraction of sp³-hybridized carbons (Fsp3) is 0.783. The summed E-state index contributed by atoms with van der Waals surface area (Å²) in [5, 5.41) is 32.2. The Hall–Kier alpha value is -1.35. The fourth-order valence-electron chi connectivity index (χ4n) is 7.31. The Labute approximate surface area is 167 Å². The summed E-state index contributed by atoms with van der Waals surface area (Å²) in [6.45, 7) is 5.63. The molecular weight excluding hydrogens is 356 g/mol. The lowest BCUT2D eigenvalue weighted by atomic mass is 9.46. The van der Waals surface area contributed by atoms with Crippen LogP contribution < -0.4 is 0 Å². The summed E-state index contributed by atoms with van der Waals surface area (Å²) < 4.78 is 5.50. The van der Waals surface area contributed by atoms with Crippen molar-refractivity contribution in [1.29, 1.82) is 0 Å². The zero-order valence-corrected chi connectivity index (χ0v) is 17.0. The molecule has 4 rings (SSSR count). The first-order chi connectivity index (χ1) is 13.1.